The summed E-state index contributed by atoms with van der Waals surface area (Å²) < 4.78 is 1.05. The Kier molecular flexibility index (Phi) is 4.27. The summed E-state index contributed by atoms with van der Waals surface area (Å²) in [5.41, 5.74) is 0. The second-order valence-corrected chi connectivity index (χ2v) is 1.32. The van der Waals surface area contributed by atoms with Crippen LogP contribution in [0.5, 0.6) is 0 Å². The Bertz CT molecular complexity index is 20.0. The van der Waals surface area contributed by atoms with Gasteiger partial charge in [-0.3, -0.25) is 0 Å². The molecule has 0 radical (unpaired) electrons. The molecule has 0 saturated heterocycles. The SMILES string of the molecule is B=CCI. The molecule has 0 N–H and O–H groups in total. The van der Waals surface area contributed by atoms with E-state index in [4.69, 9.17) is 0 Å². The van der Waals surface area contributed by atoms with E-state index in [1.165, 1.54) is 0 Å². The van der Waals surface area contributed by atoms with Gasteiger partial charge in [-0.05, 0) is 0 Å². The monoisotopic (exact) mass is 166 g/mol. The molecule has 0 aromatic heterocycles. The van der Waals surface area contributed by atoms with E-state index in [0.29, 0.717) is 0 Å². The Labute approximate surface area is 40.8 Å². The zero-order valence-electron chi connectivity index (χ0n) is 2.37. The molecule has 0 aromatic carbocycles. The van der Waals surface area contributed by atoms with E-state index in [1.54, 1.807) is 0 Å². The predicted octanol–water partition coefficient (Wildman–Crippen LogP) is 0.124. The topological polar surface area (TPSA) is 0 Å². The molecular weight excluding hydrogens is 162 g/mol. The van der Waals surface area contributed by atoms with Crippen LogP contribution in [0.3, 0.4) is 0 Å². The Balaban J connectivity index is 2.30. The third-order valence-electron chi connectivity index (χ3n) is 0.109. The van der Waals surface area contributed by atoms with Crippen molar-refractivity contribution in [3.05, 3.63) is 0 Å². The van der Waals surface area contributed by atoms with Gasteiger partial charge in [0.1, 0.15) is 0 Å². The summed E-state index contributed by atoms with van der Waals surface area (Å²) in [6.45, 7) is 0. The van der Waals surface area contributed by atoms with Crippen molar-refractivity contribution in [3.63, 3.8) is 0 Å². The van der Waals surface area contributed by atoms with Gasteiger partial charge in [0.2, 0.25) is 0 Å². The van der Waals surface area contributed by atoms with Crippen LogP contribution in [-0.2, 0) is 0 Å². The average Bonchev–Trinajstić information content (AvgIpc) is 1.37. The second kappa shape index (κ2) is 3.66. The van der Waals surface area contributed by atoms with E-state index >= 15 is 0 Å². The Morgan fingerprint density at radius 3 is 2.25 bits per heavy atom. The van der Waals surface area contributed by atoms with Gasteiger partial charge in [0.15, 0.2) is 0 Å². The zero-order chi connectivity index (χ0) is 3.41. The fraction of sp³-hybridized carbons (Fsp3) is 0.500. The van der Waals surface area contributed by atoms with Gasteiger partial charge in [-0.25, -0.2) is 0 Å². The molecule has 2 heteroatoms. The van der Waals surface area contributed by atoms with Gasteiger partial charge >= 0.3 is 40.5 Å². The van der Waals surface area contributed by atoms with Crippen LogP contribution in [0.1, 0.15) is 0 Å². The van der Waals surface area contributed by atoms with E-state index in [2.05, 4.69) is 30.1 Å². The van der Waals surface area contributed by atoms with Crippen molar-refractivity contribution in [3.8, 4) is 0 Å². The molecule has 0 aliphatic carbocycles. The summed E-state index contributed by atoms with van der Waals surface area (Å²) in [6.07, 6.45) is 0. The Morgan fingerprint density at radius 2 is 2.25 bits per heavy atom. The van der Waals surface area contributed by atoms with Crippen molar-refractivity contribution in [2.75, 3.05) is 4.43 Å². The van der Waals surface area contributed by atoms with Crippen LogP contribution in [0, 0.1) is 0 Å². The fourth-order valence-corrected chi connectivity index (χ4v) is 0. The van der Waals surface area contributed by atoms with Crippen LogP contribution in [-0.4, -0.2) is 17.9 Å². The number of hydrogen-bond acceptors (Lipinski definition) is 0. The summed E-state index contributed by atoms with van der Waals surface area (Å²) in [4.78, 5) is 0. The molecule has 0 aliphatic heterocycles. The van der Waals surface area contributed by atoms with Gasteiger partial charge in [0, 0.05) is 0 Å². The summed E-state index contributed by atoms with van der Waals surface area (Å²) >= 11 is 2.23. The van der Waals surface area contributed by atoms with Crippen molar-refractivity contribution in [2.45, 2.75) is 0 Å². The van der Waals surface area contributed by atoms with Crippen LogP contribution < -0.4 is 0 Å². The van der Waals surface area contributed by atoms with E-state index in [-0.39, 0.29) is 0 Å². The van der Waals surface area contributed by atoms with Crippen molar-refractivity contribution < 1.29 is 0 Å². The molecule has 0 aromatic rings. The molecule has 0 spiro atoms. The first kappa shape index (κ1) is 4.66. The zero-order valence-corrected chi connectivity index (χ0v) is 4.53. The van der Waals surface area contributed by atoms with Crippen molar-refractivity contribution in [1.29, 1.82) is 0 Å². The molecule has 0 rings (SSSR count). The molecule has 22 valence electrons. The molecule has 0 fully saturated rings. The van der Waals surface area contributed by atoms with Gasteiger partial charge < -0.3 is 0 Å². The minimum absolute atomic E-state index is 1.05. The Hall–Kier alpha value is 0.665. The van der Waals surface area contributed by atoms with Gasteiger partial charge in [-0.1, -0.05) is 0 Å². The second-order valence-electron chi connectivity index (χ2n) is 0.443. The number of alkyl halides is 1. The fourth-order valence-electron chi connectivity index (χ4n) is 0. The van der Waals surface area contributed by atoms with Crippen LogP contribution >= 0.6 is 22.6 Å². The maximum atomic E-state index is 3.47. The minimum atomic E-state index is 1.05. The van der Waals surface area contributed by atoms with Gasteiger partial charge in [-0.2, -0.15) is 0 Å². The standard InChI is InChI=1S/C2H4BI/c3-1-2-4/h1,3H,2H2. The van der Waals surface area contributed by atoms with Crippen molar-refractivity contribution >= 4 is 36.0 Å². The first-order valence-corrected chi connectivity index (χ1v) is 2.61. The molecule has 0 aliphatic rings. The van der Waals surface area contributed by atoms with Gasteiger partial charge in [0.25, 0.3) is 0 Å². The quantitative estimate of drug-likeness (QED) is 0.295. The third kappa shape index (κ3) is 2.66. The molecule has 0 amide bonds. The number of rotatable bonds is 1. The summed E-state index contributed by atoms with van der Waals surface area (Å²) in [7, 11) is 3.47. The predicted molar refractivity (Wildman–Crippen MR) is 32.1 cm³/mol. The van der Waals surface area contributed by atoms with Gasteiger partial charge in [0.05, 0.1) is 0 Å². The molecule has 0 nitrogen and oxygen atoms in total. The normalized spacial score (nSPS) is 6.00. The summed E-state index contributed by atoms with van der Waals surface area (Å²) in [5.74, 6) is 1.86. The first-order chi connectivity index (χ1) is 1.91. The molecule has 4 heavy (non-hydrogen) atoms. The van der Waals surface area contributed by atoms with Crippen LogP contribution in [0.4, 0.5) is 0 Å². The van der Waals surface area contributed by atoms with E-state index in [1.807, 2.05) is 5.97 Å². The molecule has 0 heterocycles. The van der Waals surface area contributed by atoms with Gasteiger partial charge in [-0.15, -0.1) is 0 Å². The molecule has 0 unspecified atom stereocenters. The number of halogens is 1. The van der Waals surface area contributed by atoms with Crippen LogP contribution in [0.2, 0.25) is 0 Å². The third-order valence-corrected chi connectivity index (χ3v) is 0.732. The van der Waals surface area contributed by atoms with Crippen molar-refractivity contribution in [1.82, 2.24) is 0 Å². The molecular formula is C2H4BI. The summed E-state index contributed by atoms with van der Waals surface area (Å²) in [6, 6.07) is 0. The van der Waals surface area contributed by atoms with Crippen molar-refractivity contribution in [2.24, 2.45) is 0 Å². The first-order valence-electron chi connectivity index (χ1n) is 1.08. The van der Waals surface area contributed by atoms with E-state index in [9.17, 15) is 0 Å². The number of hydrogen-bond donors (Lipinski definition) is 0. The molecule has 0 saturated carbocycles. The maximum absolute atomic E-state index is 3.47. The summed E-state index contributed by atoms with van der Waals surface area (Å²) in [5, 5.41) is 0. The van der Waals surface area contributed by atoms with Crippen LogP contribution in [0.15, 0.2) is 0 Å². The molecule has 0 bridgehead atoms. The van der Waals surface area contributed by atoms with E-state index < -0.39 is 0 Å². The molecule has 0 atom stereocenters. The van der Waals surface area contributed by atoms with E-state index in [0.717, 1.165) is 4.43 Å². The Morgan fingerprint density at radius 1 is 2.00 bits per heavy atom. The van der Waals surface area contributed by atoms with Crippen LogP contribution in [0.25, 0.3) is 0 Å². The average molecular weight is 166 g/mol.